The molecule has 1 aromatic rings. The molecular formula is C24H33BrO3. The quantitative estimate of drug-likeness (QED) is 0.404. The molecule has 0 unspecified atom stereocenters. The van der Waals surface area contributed by atoms with Crippen LogP contribution in [0.5, 0.6) is 11.5 Å². The van der Waals surface area contributed by atoms with Crippen LogP contribution in [0.25, 0.3) is 0 Å². The maximum atomic E-state index is 12.2. The molecule has 4 rings (SSSR count). The third-order valence-corrected chi connectivity index (χ3v) is 8.20. The lowest BCUT2D eigenvalue weighted by atomic mass is 9.61. The Balaban J connectivity index is 1.66. The zero-order valence-corrected chi connectivity index (χ0v) is 18.8. The first-order valence-electron chi connectivity index (χ1n) is 11.0. The van der Waals surface area contributed by atoms with Crippen molar-refractivity contribution in [3.05, 3.63) is 23.3 Å². The zero-order valence-electron chi connectivity index (χ0n) is 17.2. The van der Waals surface area contributed by atoms with Crippen molar-refractivity contribution in [1.29, 1.82) is 0 Å². The number of benzene rings is 1. The Labute approximate surface area is 177 Å². The molecule has 0 spiro atoms. The molecular weight excluding hydrogens is 416 g/mol. The Morgan fingerprint density at radius 3 is 2.68 bits per heavy atom. The zero-order chi connectivity index (χ0) is 19.9. The first-order valence-corrected chi connectivity index (χ1v) is 12.1. The second-order valence-electron chi connectivity index (χ2n) is 9.74. The number of aromatic hydroxyl groups is 1. The lowest BCUT2D eigenvalue weighted by Crippen LogP contribution is -2.47. The smallest absolute Gasteiger partial charge is 0.133 e. The standard InChI is InChI=1S/C24H33BrO3/c1-23(2)19-8-7-17(26)15-18(19)22-20(27)13-16(14-21(22)28-23)24(10-6-11-24)9-4-3-5-12-25/h13-14,18-19,27H,3-12,15H2,1-2H3/t18-,19-/m1/s1. The lowest BCUT2D eigenvalue weighted by Gasteiger charge is -2.48. The molecule has 3 aliphatic rings. The average molecular weight is 449 g/mol. The normalized spacial score (nSPS) is 27.3. The predicted molar refractivity (Wildman–Crippen MR) is 116 cm³/mol. The van der Waals surface area contributed by atoms with Crippen LogP contribution < -0.4 is 4.74 Å². The number of halogens is 1. The van der Waals surface area contributed by atoms with Gasteiger partial charge in [-0.25, -0.2) is 0 Å². The summed E-state index contributed by atoms with van der Waals surface area (Å²) in [5.41, 5.74) is 2.03. The van der Waals surface area contributed by atoms with Crippen molar-refractivity contribution in [1.82, 2.24) is 0 Å². The van der Waals surface area contributed by atoms with Crippen molar-refractivity contribution in [3.8, 4) is 11.5 Å². The number of phenols is 1. The molecule has 1 N–H and O–H groups in total. The number of ether oxygens (including phenoxy) is 1. The molecule has 2 aliphatic carbocycles. The van der Waals surface area contributed by atoms with Crippen LogP contribution in [-0.4, -0.2) is 21.8 Å². The van der Waals surface area contributed by atoms with Gasteiger partial charge < -0.3 is 9.84 Å². The van der Waals surface area contributed by atoms with E-state index < -0.39 is 0 Å². The van der Waals surface area contributed by atoms with Crippen LogP contribution in [0.15, 0.2) is 12.1 Å². The first-order chi connectivity index (χ1) is 13.4. The molecule has 2 fully saturated rings. The van der Waals surface area contributed by atoms with Gasteiger partial charge in [-0.05, 0) is 69.1 Å². The van der Waals surface area contributed by atoms with Crippen molar-refractivity contribution < 1.29 is 14.6 Å². The van der Waals surface area contributed by atoms with Gasteiger partial charge in [0.05, 0.1) is 0 Å². The van der Waals surface area contributed by atoms with Crippen LogP contribution in [0.1, 0.15) is 95.1 Å². The van der Waals surface area contributed by atoms with Crippen LogP contribution in [0.2, 0.25) is 0 Å². The third kappa shape index (κ3) is 3.51. The van der Waals surface area contributed by atoms with E-state index >= 15 is 0 Å². The summed E-state index contributed by atoms with van der Waals surface area (Å²) in [6.07, 6.45) is 10.6. The fourth-order valence-electron chi connectivity index (χ4n) is 5.90. The van der Waals surface area contributed by atoms with Gasteiger partial charge in [-0.15, -0.1) is 0 Å². The van der Waals surface area contributed by atoms with Crippen LogP contribution in [0.3, 0.4) is 0 Å². The highest BCUT2D eigenvalue weighted by atomic mass is 79.9. The third-order valence-electron chi connectivity index (χ3n) is 7.64. The van der Waals surface area contributed by atoms with Gasteiger partial charge in [0.15, 0.2) is 0 Å². The largest absolute Gasteiger partial charge is 0.508 e. The molecule has 0 radical (unpaired) electrons. The molecule has 28 heavy (non-hydrogen) atoms. The number of carbonyl (C=O) groups is 1. The number of phenolic OH excluding ortho intramolecular Hbond substituents is 1. The number of ketones is 1. The summed E-state index contributed by atoms with van der Waals surface area (Å²) in [6.45, 7) is 4.29. The summed E-state index contributed by atoms with van der Waals surface area (Å²) < 4.78 is 6.47. The van der Waals surface area contributed by atoms with Gasteiger partial charge >= 0.3 is 0 Å². The summed E-state index contributed by atoms with van der Waals surface area (Å²) in [7, 11) is 0. The number of hydrogen-bond acceptors (Lipinski definition) is 3. The van der Waals surface area contributed by atoms with E-state index in [0.29, 0.717) is 24.4 Å². The molecule has 0 amide bonds. The molecule has 0 bridgehead atoms. The van der Waals surface area contributed by atoms with Gasteiger partial charge in [0.25, 0.3) is 0 Å². The maximum absolute atomic E-state index is 12.2. The Morgan fingerprint density at radius 2 is 2.00 bits per heavy atom. The van der Waals surface area contributed by atoms with Crippen LogP contribution in [0.4, 0.5) is 0 Å². The molecule has 0 saturated heterocycles. The van der Waals surface area contributed by atoms with E-state index in [4.69, 9.17) is 4.74 Å². The highest BCUT2D eigenvalue weighted by Crippen LogP contribution is 2.56. The van der Waals surface area contributed by atoms with Crippen molar-refractivity contribution in [2.75, 3.05) is 5.33 Å². The number of alkyl halides is 1. The number of Topliss-reactive ketones (excluding diaryl/α,β-unsaturated/α-hetero) is 1. The summed E-state index contributed by atoms with van der Waals surface area (Å²) in [4.78, 5) is 12.2. The molecule has 154 valence electrons. The number of unbranched alkanes of at least 4 members (excludes halogenated alkanes) is 2. The van der Waals surface area contributed by atoms with E-state index in [0.717, 1.165) is 23.1 Å². The van der Waals surface area contributed by atoms with Gasteiger partial charge in [0, 0.05) is 35.6 Å². The summed E-state index contributed by atoms with van der Waals surface area (Å²) in [6, 6.07) is 4.20. The predicted octanol–water partition coefficient (Wildman–Crippen LogP) is 6.39. The van der Waals surface area contributed by atoms with Crippen molar-refractivity contribution in [3.63, 3.8) is 0 Å². The fraction of sp³-hybridized carbons (Fsp3) is 0.708. The molecule has 4 heteroatoms. The number of carbonyl (C=O) groups excluding carboxylic acids is 1. The molecule has 3 nitrogen and oxygen atoms in total. The van der Waals surface area contributed by atoms with E-state index in [-0.39, 0.29) is 22.9 Å². The first kappa shape index (κ1) is 20.3. The molecule has 1 heterocycles. The second-order valence-corrected chi connectivity index (χ2v) is 10.5. The second kappa shape index (κ2) is 7.66. The van der Waals surface area contributed by atoms with Crippen LogP contribution in [0, 0.1) is 5.92 Å². The molecule has 2 atom stereocenters. The lowest BCUT2D eigenvalue weighted by molar-refractivity contribution is -0.124. The van der Waals surface area contributed by atoms with Gasteiger partial charge in [-0.2, -0.15) is 0 Å². The maximum Gasteiger partial charge on any atom is 0.133 e. The van der Waals surface area contributed by atoms with Crippen LogP contribution in [-0.2, 0) is 10.2 Å². The number of fused-ring (bicyclic) bond motifs is 3. The SMILES string of the molecule is CC1(C)Oc2cc(C3(CCCCCBr)CCC3)cc(O)c2[C@@H]2CC(=O)CC[C@H]21. The van der Waals surface area contributed by atoms with Gasteiger partial charge in [0.1, 0.15) is 22.9 Å². The highest BCUT2D eigenvalue weighted by molar-refractivity contribution is 9.09. The minimum absolute atomic E-state index is 0.0883. The minimum Gasteiger partial charge on any atom is -0.508 e. The van der Waals surface area contributed by atoms with E-state index in [9.17, 15) is 9.90 Å². The Hall–Kier alpha value is -1.03. The monoisotopic (exact) mass is 448 g/mol. The summed E-state index contributed by atoms with van der Waals surface area (Å²) >= 11 is 3.53. The van der Waals surface area contributed by atoms with E-state index in [1.54, 1.807) is 0 Å². The Kier molecular flexibility index (Phi) is 5.54. The molecule has 1 aromatic carbocycles. The van der Waals surface area contributed by atoms with Crippen molar-refractivity contribution in [2.24, 2.45) is 5.92 Å². The Morgan fingerprint density at radius 1 is 1.21 bits per heavy atom. The molecule has 1 aliphatic heterocycles. The summed E-state index contributed by atoms with van der Waals surface area (Å²) in [5, 5.41) is 12.1. The number of hydrogen-bond donors (Lipinski definition) is 1. The van der Waals surface area contributed by atoms with Gasteiger partial charge in [-0.3, -0.25) is 4.79 Å². The van der Waals surface area contributed by atoms with Crippen molar-refractivity contribution >= 4 is 21.7 Å². The van der Waals surface area contributed by atoms with E-state index in [1.165, 1.54) is 50.5 Å². The fourth-order valence-corrected chi connectivity index (χ4v) is 6.29. The van der Waals surface area contributed by atoms with Crippen LogP contribution >= 0.6 is 15.9 Å². The summed E-state index contributed by atoms with van der Waals surface area (Å²) in [5.74, 6) is 1.86. The molecule has 2 saturated carbocycles. The Bertz CT molecular complexity index is 750. The highest BCUT2D eigenvalue weighted by Gasteiger charge is 2.48. The van der Waals surface area contributed by atoms with Crippen molar-refractivity contribution in [2.45, 2.75) is 95.0 Å². The van der Waals surface area contributed by atoms with Gasteiger partial charge in [0.2, 0.25) is 0 Å². The van der Waals surface area contributed by atoms with Gasteiger partial charge in [-0.1, -0.05) is 35.2 Å². The minimum atomic E-state index is -0.300. The number of rotatable bonds is 6. The average Bonchev–Trinajstić information content (AvgIpc) is 2.59. The van der Waals surface area contributed by atoms with E-state index in [2.05, 4.69) is 35.8 Å². The topological polar surface area (TPSA) is 46.5 Å². The van der Waals surface area contributed by atoms with E-state index in [1.807, 2.05) is 6.07 Å². The molecule has 0 aromatic heterocycles.